The van der Waals surface area contributed by atoms with Gasteiger partial charge < -0.3 is 4.74 Å². The number of Topliss-reactive ketones (excluding diaryl/α,β-unsaturated/α-hetero) is 2. The SMILES string of the molecule is COCC1CC(=O)[C@@]2(C)CC[C@H]3[C@@H](CC[C@H]4CC(=O)CC[C@@]43C)[C@H]12. The fraction of sp³-hybridized carbons (Fsp3) is 0.905. The van der Waals surface area contributed by atoms with Gasteiger partial charge in [0.2, 0.25) is 0 Å². The summed E-state index contributed by atoms with van der Waals surface area (Å²) < 4.78 is 5.50. The summed E-state index contributed by atoms with van der Waals surface area (Å²) in [6.07, 6.45) is 8.01. The smallest absolute Gasteiger partial charge is 0.139 e. The highest BCUT2D eigenvalue weighted by Crippen LogP contribution is 2.66. The summed E-state index contributed by atoms with van der Waals surface area (Å²) >= 11 is 0. The van der Waals surface area contributed by atoms with Crippen molar-refractivity contribution in [1.29, 1.82) is 0 Å². The van der Waals surface area contributed by atoms with E-state index in [9.17, 15) is 9.59 Å². The van der Waals surface area contributed by atoms with Crippen LogP contribution >= 0.6 is 0 Å². The van der Waals surface area contributed by atoms with E-state index in [0.717, 1.165) is 38.7 Å². The Morgan fingerprint density at radius 2 is 1.88 bits per heavy atom. The van der Waals surface area contributed by atoms with Gasteiger partial charge in [0.1, 0.15) is 11.6 Å². The molecule has 0 aliphatic heterocycles. The molecule has 0 heterocycles. The third-order valence-electron chi connectivity index (χ3n) is 8.71. The largest absolute Gasteiger partial charge is 0.384 e. The Labute approximate surface area is 145 Å². The zero-order valence-corrected chi connectivity index (χ0v) is 15.5. The van der Waals surface area contributed by atoms with Gasteiger partial charge >= 0.3 is 0 Å². The van der Waals surface area contributed by atoms with Gasteiger partial charge in [-0.15, -0.1) is 0 Å². The number of hydrogen-bond acceptors (Lipinski definition) is 3. The molecule has 7 atom stereocenters. The molecule has 0 spiro atoms. The first kappa shape index (κ1) is 16.8. The van der Waals surface area contributed by atoms with Crippen LogP contribution in [0.15, 0.2) is 0 Å². The summed E-state index contributed by atoms with van der Waals surface area (Å²) in [6, 6.07) is 0. The van der Waals surface area contributed by atoms with Gasteiger partial charge in [-0.3, -0.25) is 9.59 Å². The molecule has 3 nitrogen and oxygen atoms in total. The van der Waals surface area contributed by atoms with Gasteiger partial charge in [0.15, 0.2) is 0 Å². The normalized spacial score (nSPS) is 51.0. The van der Waals surface area contributed by atoms with Crippen LogP contribution in [0.3, 0.4) is 0 Å². The van der Waals surface area contributed by atoms with E-state index >= 15 is 0 Å². The Morgan fingerprint density at radius 3 is 2.62 bits per heavy atom. The molecule has 134 valence electrons. The van der Waals surface area contributed by atoms with Crippen LogP contribution in [0.4, 0.5) is 0 Å². The molecular weight excluding hydrogens is 300 g/mol. The van der Waals surface area contributed by atoms with Crippen LogP contribution < -0.4 is 0 Å². The van der Waals surface area contributed by atoms with Crippen molar-refractivity contribution in [2.45, 2.75) is 65.2 Å². The van der Waals surface area contributed by atoms with Crippen molar-refractivity contribution in [3.8, 4) is 0 Å². The van der Waals surface area contributed by atoms with Crippen LogP contribution in [0.1, 0.15) is 65.2 Å². The van der Waals surface area contributed by atoms with Gasteiger partial charge in [0, 0.05) is 38.4 Å². The number of rotatable bonds is 2. The van der Waals surface area contributed by atoms with Crippen molar-refractivity contribution in [3.05, 3.63) is 0 Å². The van der Waals surface area contributed by atoms with Crippen molar-refractivity contribution in [2.75, 3.05) is 13.7 Å². The summed E-state index contributed by atoms with van der Waals surface area (Å²) in [5.41, 5.74) is 0.208. The van der Waals surface area contributed by atoms with Gasteiger partial charge in [-0.05, 0) is 67.1 Å². The number of ketones is 2. The molecule has 4 saturated carbocycles. The van der Waals surface area contributed by atoms with E-state index in [1.54, 1.807) is 7.11 Å². The Kier molecular flexibility index (Phi) is 3.95. The molecule has 0 aromatic heterocycles. The molecule has 24 heavy (non-hydrogen) atoms. The molecule has 0 saturated heterocycles. The first-order valence-corrected chi connectivity index (χ1v) is 9.94. The van der Waals surface area contributed by atoms with Crippen LogP contribution in [0.2, 0.25) is 0 Å². The maximum atomic E-state index is 12.8. The monoisotopic (exact) mass is 332 g/mol. The van der Waals surface area contributed by atoms with E-state index in [4.69, 9.17) is 4.74 Å². The zero-order chi connectivity index (χ0) is 17.1. The van der Waals surface area contributed by atoms with Crippen LogP contribution in [0, 0.1) is 40.4 Å². The molecule has 4 rings (SSSR count). The maximum Gasteiger partial charge on any atom is 0.139 e. The van der Waals surface area contributed by atoms with Crippen molar-refractivity contribution >= 4 is 11.6 Å². The Bertz CT molecular complexity index is 555. The molecule has 0 aromatic carbocycles. The highest BCUT2D eigenvalue weighted by molar-refractivity contribution is 5.87. The fourth-order valence-corrected chi connectivity index (χ4v) is 7.46. The molecule has 0 N–H and O–H groups in total. The van der Waals surface area contributed by atoms with Gasteiger partial charge in [0.05, 0.1) is 0 Å². The third kappa shape index (κ3) is 2.19. The summed E-state index contributed by atoms with van der Waals surface area (Å²) in [5.74, 6) is 3.81. The molecule has 0 amide bonds. The molecule has 0 bridgehead atoms. The molecule has 1 unspecified atom stereocenters. The number of carbonyl (C=O) groups excluding carboxylic acids is 2. The number of carbonyl (C=O) groups is 2. The fourth-order valence-electron chi connectivity index (χ4n) is 7.46. The zero-order valence-electron chi connectivity index (χ0n) is 15.5. The minimum atomic E-state index is -0.113. The maximum absolute atomic E-state index is 12.8. The minimum Gasteiger partial charge on any atom is -0.384 e. The lowest BCUT2D eigenvalue weighted by atomic mass is 9.44. The van der Waals surface area contributed by atoms with Crippen LogP contribution in [-0.4, -0.2) is 25.3 Å². The lowest BCUT2D eigenvalue weighted by molar-refractivity contribution is -0.147. The third-order valence-corrected chi connectivity index (χ3v) is 8.71. The Balaban J connectivity index is 1.66. The molecule has 0 radical (unpaired) electrons. The molecule has 4 aliphatic carbocycles. The highest BCUT2D eigenvalue weighted by atomic mass is 16.5. The average Bonchev–Trinajstić information content (AvgIpc) is 2.79. The van der Waals surface area contributed by atoms with E-state index < -0.39 is 0 Å². The predicted molar refractivity (Wildman–Crippen MR) is 92.5 cm³/mol. The van der Waals surface area contributed by atoms with Crippen LogP contribution in [0.5, 0.6) is 0 Å². The minimum absolute atomic E-state index is 0.113. The average molecular weight is 332 g/mol. The van der Waals surface area contributed by atoms with Crippen molar-refractivity contribution in [3.63, 3.8) is 0 Å². The van der Waals surface area contributed by atoms with Gasteiger partial charge in [-0.25, -0.2) is 0 Å². The topological polar surface area (TPSA) is 43.4 Å². The Morgan fingerprint density at radius 1 is 1.08 bits per heavy atom. The van der Waals surface area contributed by atoms with Crippen LogP contribution in [-0.2, 0) is 14.3 Å². The standard InChI is InChI=1S/C21H32O3/c1-20-8-6-15(22)11-14(20)4-5-16-17(20)7-9-21(2)18(23)10-13(12-24-3)19(16)21/h13-14,16-17,19H,4-12H2,1-3H3/t13?,14-,16+,17-,19-,20-,21+/m0/s1. The van der Waals surface area contributed by atoms with Gasteiger partial charge in [0.25, 0.3) is 0 Å². The number of methoxy groups -OCH3 is 1. The summed E-state index contributed by atoms with van der Waals surface area (Å²) in [7, 11) is 1.77. The summed E-state index contributed by atoms with van der Waals surface area (Å²) in [5, 5.41) is 0. The molecule has 4 aliphatic rings. The second kappa shape index (κ2) is 5.65. The Hall–Kier alpha value is -0.700. The second-order valence-corrected chi connectivity index (χ2v) is 9.62. The van der Waals surface area contributed by atoms with Gasteiger partial charge in [-0.2, -0.15) is 0 Å². The van der Waals surface area contributed by atoms with E-state index in [1.165, 1.54) is 19.3 Å². The summed E-state index contributed by atoms with van der Waals surface area (Å²) in [4.78, 5) is 24.8. The van der Waals surface area contributed by atoms with E-state index in [-0.39, 0.29) is 5.41 Å². The number of hydrogen-bond donors (Lipinski definition) is 0. The quantitative estimate of drug-likeness (QED) is 0.766. The van der Waals surface area contributed by atoms with E-state index in [0.29, 0.717) is 46.6 Å². The van der Waals surface area contributed by atoms with Crippen molar-refractivity contribution < 1.29 is 14.3 Å². The first-order chi connectivity index (χ1) is 11.4. The predicted octanol–water partition coefficient (Wildman–Crippen LogP) is 4.04. The van der Waals surface area contributed by atoms with E-state index in [1.807, 2.05) is 0 Å². The molecule has 3 heteroatoms. The van der Waals surface area contributed by atoms with Crippen LogP contribution in [0.25, 0.3) is 0 Å². The van der Waals surface area contributed by atoms with Crippen molar-refractivity contribution in [2.24, 2.45) is 40.4 Å². The molecular formula is C21H32O3. The van der Waals surface area contributed by atoms with Crippen molar-refractivity contribution in [1.82, 2.24) is 0 Å². The van der Waals surface area contributed by atoms with E-state index in [2.05, 4.69) is 13.8 Å². The second-order valence-electron chi connectivity index (χ2n) is 9.62. The summed E-state index contributed by atoms with van der Waals surface area (Å²) in [6.45, 7) is 5.43. The lowest BCUT2D eigenvalue weighted by Crippen LogP contribution is -2.54. The number of fused-ring (bicyclic) bond motifs is 5. The first-order valence-electron chi connectivity index (χ1n) is 9.94. The lowest BCUT2D eigenvalue weighted by Gasteiger charge is -2.59. The highest BCUT2D eigenvalue weighted by Gasteiger charge is 2.62. The van der Waals surface area contributed by atoms with Gasteiger partial charge in [-0.1, -0.05) is 13.8 Å². The number of ether oxygens (including phenoxy) is 1. The molecule has 4 fully saturated rings. The molecule has 0 aromatic rings.